The van der Waals surface area contributed by atoms with Gasteiger partial charge in [-0.25, -0.2) is 0 Å². The van der Waals surface area contributed by atoms with Gasteiger partial charge in [-0.15, -0.1) is 0 Å². The summed E-state index contributed by atoms with van der Waals surface area (Å²) in [5.41, 5.74) is 0. The van der Waals surface area contributed by atoms with Crippen molar-refractivity contribution in [2.24, 2.45) is 0 Å². The lowest BCUT2D eigenvalue weighted by Crippen LogP contribution is -2.68. The van der Waals surface area contributed by atoms with Crippen LogP contribution in [0.1, 0.15) is 226 Å². The minimum absolute atomic E-state index is 0.240. The molecule has 470 valence electrons. The van der Waals surface area contributed by atoms with E-state index in [9.17, 15) is 60.7 Å². The van der Waals surface area contributed by atoms with E-state index in [1.165, 1.54) is 148 Å². The molecule has 2 amide bonds. The lowest BCUT2D eigenvalue weighted by atomic mass is 9.95. The van der Waals surface area contributed by atoms with E-state index in [2.05, 4.69) is 24.5 Å². The molecule has 80 heavy (non-hydrogen) atoms. The molecule has 0 saturated carbocycles. The van der Waals surface area contributed by atoms with Crippen LogP contribution >= 0.6 is 0 Å². The Bertz CT molecular complexity index is 1590. The average molecular weight is 1150 g/mol. The van der Waals surface area contributed by atoms with Crippen molar-refractivity contribution in [2.45, 2.75) is 330 Å². The summed E-state index contributed by atoms with van der Waals surface area (Å²) in [6, 6.07) is -2.45. The van der Waals surface area contributed by atoms with Crippen LogP contribution in [0.15, 0.2) is 12.2 Å². The molecule has 0 aromatic rings. The van der Waals surface area contributed by atoms with Gasteiger partial charge < -0.3 is 90.1 Å². The fourth-order valence-electron chi connectivity index (χ4n) is 10.9. The van der Waals surface area contributed by atoms with E-state index < -0.39 is 130 Å². The number of rotatable bonds is 46. The number of carbonyl (C=O) groups is 2. The van der Waals surface area contributed by atoms with Crippen LogP contribution < -0.4 is 10.6 Å². The number of nitrogens with one attached hydrogen (secondary N) is 2. The summed E-state index contributed by atoms with van der Waals surface area (Å²) in [5, 5.41) is 114. The molecular weight excluding hydrogens is 1040 g/mol. The second-order valence-electron chi connectivity index (χ2n) is 22.9. The summed E-state index contributed by atoms with van der Waals surface area (Å²) in [6.45, 7) is 2.80. The fraction of sp³-hybridized carbons (Fsp3) is 0.933. The third-order valence-electron chi connectivity index (χ3n) is 16.0. The average Bonchev–Trinajstić information content (AvgIpc) is 3.47. The molecule has 0 radical (unpaired) electrons. The SMILES string of the molecule is CCCCCCCCCCCCC/C=C/[C@@H](O)[C@H](CO[C@@H]1OC(CO)[C@@H](O[C@@H]2OC(CO)[C@H](O)[C@H](O[C@@H]3OC(CO)[C@@H](O)[C@H](O)C3NC(C)=O)C2O)[C@H](O)C1O)NC(=O)CCCCCCCCCCCCCCCCCCCCC. The fourth-order valence-corrected chi connectivity index (χ4v) is 10.9. The molecular formula is C60H112N2O18. The zero-order chi connectivity index (χ0) is 58.5. The zero-order valence-corrected chi connectivity index (χ0v) is 49.2. The number of aliphatic hydroxyl groups is 10. The molecule has 0 aliphatic carbocycles. The number of hydrogen-bond donors (Lipinski definition) is 12. The van der Waals surface area contributed by atoms with Crippen molar-refractivity contribution in [1.82, 2.24) is 10.6 Å². The number of ether oxygens (including phenoxy) is 6. The Hall–Kier alpha value is -1.96. The molecule has 3 aliphatic heterocycles. The van der Waals surface area contributed by atoms with Crippen LogP contribution in [-0.4, -0.2) is 194 Å². The van der Waals surface area contributed by atoms with E-state index in [-0.39, 0.29) is 18.9 Å². The number of allylic oxidation sites excluding steroid dienone is 1. The van der Waals surface area contributed by atoms with Crippen LogP contribution in [0.4, 0.5) is 0 Å². The maximum atomic E-state index is 13.4. The molecule has 3 saturated heterocycles. The molecule has 20 heteroatoms. The van der Waals surface area contributed by atoms with Crippen LogP contribution in [-0.2, 0) is 38.0 Å². The van der Waals surface area contributed by atoms with Crippen LogP contribution in [0.2, 0.25) is 0 Å². The van der Waals surface area contributed by atoms with E-state index >= 15 is 0 Å². The minimum Gasteiger partial charge on any atom is -0.394 e. The molecule has 3 aliphatic rings. The van der Waals surface area contributed by atoms with Gasteiger partial charge in [0.2, 0.25) is 11.8 Å². The van der Waals surface area contributed by atoms with Crippen molar-refractivity contribution in [2.75, 3.05) is 26.4 Å². The minimum atomic E-state index is -1.98. The normalized spacial score (nSPS) is 29.9. The quantitative estimate of drug-likeness (QED) is 0.0264. The van der Waals surface area contributed by atoms with E-state index in [4.69, 9.17) is 28.4 Å². The molecule has 3 rings (SSSR count). The summed E-state index contributed by atoms with van der Waals surface area (Å²) in [4.78, 5) is 25.4. The van der Waals surface area contributed by atoms with Crippen LogP contribution in [0.5, 0.6) is 0 Å². The molecule has 0 spiro atoms. The Morgan fingerprint density at radius 3 is 1.39 bits per heavy atom. The highest BCUT2D eigenvalue weighted by atomic mass is 16.8. The van der Waals surface area contributed by atoms with Gasteiger partial charge in [-0.2, -0.15) is 0 Å². The molecule has 3 fully saturated rings. The van der Waals surface area contributed by atoms with Gasteiger partial charge >= 0.3 is 0 Å². The van der Waals surface area contributed by atoms with Crippen LogP contribution in [0.25, 0.3) is 0 Å². The van der Waals surface area contributed by atoms with E-state index in [0.717, 1.165) is 51.9 Å². The molecule has 0 bridgehead atoms. The van der Waals surface area contributed by atoms with Crippen LogP contribution in [0, 0.1) is 0 Å². The molecule has 6 unspecified atom stereocenters. The summed E-state index contributed by atoms with van der Waals surface area (Å²) in [7, 11) is 0. The Labute approximate surface area is 479 Å². The lowest BCUT2D eigenvalue weighted by molar-refractivity contribution is -0.375. The summed E-state index contributed by atoms with van der Waals surface area (Å²) in [5.74, 6) is -0.942. The van der Waals surface area contributed by atoms with Gasteiger partial charge in [-0.05, 0) is 19.3 Å². The molecule has 12 N–H and O–H groups in total. The Kier molecular flexibility index (Phi) is 39.4. The molecule has 20 nitrogen and oxygen atoms in total. The van der Waals surface area contributed by atoms with Gasteiger partial charge in [-0.1, -0.05) is 206 Å². The van der Waals surface area contributed by atoms with E-state index in [0.29, 0.717) is 6.42 Å². The van der Waals surface area contributed by atoms with Crippen molar-refractivity contribution in [3.05, 3.63) is 12.2 Å². The summed E-state index contributed by atoms with van der Waals surface area (Å²) >= 11 is 0. The first kappa shape index (κ1) is 72.3. The first-order valence-corrected chi connectivity index (χ1v) is 31.4. The van der Waals surface area contributed by atoms with Crippen LogP contribution in [0.3, 0.4) is 0 Å². The number of amides is 2. The van der Waals surface area contributed by atoms with Gasteiger partial charge in [0.05, 0.1) is 38.6 Å². The maximum absolute atomic E-state index is 13.4. The second-order valence-corrected chi connectivity index (χ2v) is 22.9. The van der Waals surface area contributed by atoms with Crippen molar-refractivity contribution in [1.29, 1.82) is 0 Å². The topological polar surface area (TPSA) is 316 Å². The highest BCUT2D eigenvalue weighted by molar-refractivity contribution is 5.76. The summed E-state index contributed by atoms with van der Waals surface area (Å²) < 4.78 is 34.9. The smallest absolute Gasteiger partial charge is 0.220 e. The monoisotopic (exact) mass is 1150 g/mol. The van der Waals surface area contributed by atoms with Crippen molar-refractivity contribution in [3.63, 3.8) is 0 Å². The number of unbranched alkanes of at least 4 members (excludes halogenated alkanes) is 29. The molecule has 3 heterocycles. The van der Waals surface area contributed by atoms with Gasteiger partial charge in [0.15, 0.2) is 18.9 Å². The largest absolute Gasteiger partial charge is 0.394 e. The predicted molar refractivity (Wildman–Crippen MR) is 303 cm³/mol. The Morgan fingerprint density at radius 1 is 0.487 bits per heavy atom. The van der Waals surface area contributed by atoms with Crippen molar-refractivity contribution >= 4 is 11.8 Å². The third kappa shape index (κ3) is 27.4. The zero-order valence-electron chi connectivity index (χ0n) is 49.2. The third-order valence-corrected chi connectivity index (χ3v) is 16.0. The standard InChI is InChI=1S/C60H112N2O18/c1-4-6-8-10-12-14-16-18-19-20-21-22-23-25-27-29-31-33-35-37-48(68)62-43(44(67)36-34-32-30-28-26-24-17-15-13-11-9-7-5-2)41-75-59-54(73)53(72)56(47(40-65)78-59)79-60-55(74)57(51(70)46(39-64)77-60)80-58-49(61-42(3)66)52(71)50(69)45(38-63)76-58/h34,36,43-47,49-60,63-65,67,69-74H,4-33,35,37-41H2,1-3H3,(H,61,66)(H,62,68)/b36-34+/t43-,44+,45?,46?,47?,49?,50+,51-,52+,53+,54?,55?,56+,57-,58-,59+,60-/m0/s1. The Morgan fingerprint density at radius 2 is 0.912 bits per heavy atom. The highest BCUT2D eigenvalue weighted by Gasteiger charge is 2.54. The predicted octanol–water partition coefficient (Wildman–Crippen LogP) is 5.52. The lowest BCUT2D eigenvalue weighted by Gasteiger charge is -2.48. The first-order valence-electron chi connectivity index (χ1n) is 31.4. The maximum Gasteiger partial charge on any atom is 0.220 e. The van der Waals surface area contributed by atoms with Crippen molar-refractivity contribution < 1.29 is 89.1 Å². The van der Waals surface area contributed by atoms with E-state index in [1.54, 1.807) is 6.08 Å². The number of carbonyl (C=O) groups excluding carboxylic acids is 2. The highest BCUT2D eigenvalue weighted by Crippen LogP contribution is 2.33. The van der Waals surface area contributed by atoms with E-state index in [1.807, 2.05) is 6.08 Å². The van der Waals surface area contributed by atoms with Gasteiger partial charge in [0.25, 0.3) is 0 Å². The number of hydrogen-bond acceptors (Lipinski definition) is 18. The summed E-state index contributed by atoms with van der Waals surface area (Å²) in [6.07, 6.45) is 16.4. The molecule has 0 aromatic heterocycles. The second kappa shape index (κ2) is 43.6. The van der Waals surface area contributed by atoms with Gasteiger partial charge in [0, 0.05) is 13.3 Å². The first-order chi connectivity index (χ1) is 38.7. The molecule has 0 aromatic carbocycles. The Balaban J connectivity index is 1.55. The van der Waals surface area contributed by atoms with Crippen molar-refractivity contribution in [3.8, 4) is 0 Å². The molecule has 17 atom stereocenters. The van der Waals surface area contributed by atoms with Gasteiger partial charge in [-0.3, -0.25) is 9.59 Å². The number of aliphatic hydroxyl groups excluding tert-OH is 10. The van der Waals surface area contributed by atoms with Gasteiger partial charge in [0.1, 0.15) is 73.2 Å².